The van der Waals surface area contributed by atoms with E-state index in [2.05, 4.69) is 11.9 Å². The average Bonchev–Trinajstić information content (AvgIpc) is 2.86. The van der Waals surface area contributed by atoms with Crippen molar-refractivity contribution < 1.29 is 33.2 Å². The van der Waals surface area contributed by atoms with Gasteiger partial charge in [0.2, 0.25) is 11.8 Å². The van der Waals surface area contributed by atoms with Gasteiger partial charge < -0.3 is 15.0 Å². The Balaban J connectivity index is 1.38. The number of nitro groups is 2. The Labute approximate surface area is 211 Å². The number of carbonyl (C=O) groups is 3. The van der Waals surface area contributed by atoms with Gasteiger partial charge in [-0.05, 0) is 28.8 Å². The number of amides is 2. The largest absolute Gasteiger partial charge is 0.459 e. The molecule has 2 aliphatic heterocycles. The number of β-lactam (4-membered cyclic amide) rings is 1. The second-order valence-corrected chi connectivity index (χ2v) is 9.93. The summed E-state index contributed by atoms with van der Waals surface area (Å²) in [6.45, 7) is 3.57. The number of nitro benzene ring substituents is 2. The standard InChI is InChI=1S/C23H20N4O9S/c1-13-12-37(35)22-19(24-18(28)10-14-2-6-16(7-3-14)26(31)32)21(29)25(22)20(13)23(30)36-11-15-4-8-17(9-5-15)27(33)34/h2-9,19-20,22H,1,10-12H2,(H,24,28)/t19?,20?,22-,37?/m0/s1. The average molecular weight is 528 g/mol. The van der Waals surface area contributed by atoms with E-state index in [-0.39, 0.29) is 35.7 Å². The number of fused-ring (bicyclic) bond motifs is 1. The number of hydrogen-bond donors (Lipinski definition) is 1. The van der Waals surface area contributed by atoms with E-state index in [1.165, 1.54) is 48.5 Å². The molecule has 2 saturated heterocycles. The Hall–Kier alpha value is -4.46. The first-order valence-electron chi connectivity index (χ1n) is 10.9. The molecule has 0 radical (unpaired) electrons. The summed E-state index contributed by atoms with van der Waals surface area (Å²) in [7, 11) is -1.62. The van der Waals surface area contributed by atoms with Crippen LogP contribution in [0.4, 0.5) is 11.4 Å². The summed E-state index contributed by atoms with van der Waals surface area (Å²) in [5.74, 6) is -2.03. The van der Waals surface area contributed by atoms with Crippen molar-refractivity contribution in [2.24, 2.45) is 0 Å². The van der Waals surface area contributed by atoms with Gasteiger partial charge in [-0.25, -0.2) is 4.79 Å². The molecular weight excluding hydrogens is 508 g/mol. The van der Waals surface area contributed by atoms with Crippen molar-refractivity contribution in [2.45, 2.75) is 30.5 Å². The Morgan fingerprint density at radius 2 is 1.57 bits per heavy atom. The second kappa shape index (κ2) is 10.3. The first-order valence-corrected chi connectivity index (χ1v) is 12.2. The number of carbonyl (C=O) groups excluding carboxylic acids is 3. The highest BCUT2D eigenvalue weighted by molar-refractivity contribution is 7.86. The van der Waals surface area contributed by atoms with E-state index in [9.17, 15) is 38.8 Å². The summed E-state index contributed by atoms with van der Waals surface area (Å²) in [4.78, 5) is 59.7. The van der Waals surface area contributed by atoms with Crippen LogP contribution in [0.3, 0.4) is 0 Å². The zero-order valence-electron chi connectivity index (χ0n) is 19.1. The van der Waals surface area contributed by atoms with Crippen LogP contribution in [0.1, 0.15) is 11.1 Å². The van der Waals surface area contributed by atoms with Gasteiger partial charge in [-0.1, -0.05) is 18.7 Å². The lowest BCUT2D eigenvalue weighted by Crippen LogP contribution is -2.77. The Bertz CT molecular complexity index is 1330. The van der Waals surface area contributed by atoms with Crippen molar-refractivity contribution in [3.8, 4) is 0 Å². The number of nitrogens with one attached hydrogen (secondary N) is 1. The Morgan fingerprint density at radius 1 is 1.03 bits per heavy atom. The van der Waals surface area contributed by atoms with Crippen LogP contribution in [0.5, 0.6) is 0 Å². The van der Waals surface area contributed by atoms with Gasteiger partial charge in [0.15, 0.2) is 6.04 Å². The minimum atomic E-state index is -1.62. The van der Waals surface area contributed by atoms with Crippen molar-refractivity contribution >= 4 is 40.0 Å². The summed E-state index contributed by atoms with van der Waals surface area (Å²) < 4.78 is 18.0. The van der Waals surface area contributed by atoms with Crippen LogP contribution in [0.2, 0.25) is 0 Å². The summed E-state index contributed by atoms with van der Waals surface area (Å²) in [5, 5.41) is 23.1. The van der Waals surface area contributed by atoms with Crippen LogP contribution >= 0.6 is 0 Å². The molecule has 2 aromatic carbocycles. The molecule has 37 heavy (non-hydrogen) atoms. The molecule has 1 N–H and O–H groups in total. The van der Waals surface area contributed by atoms with E-state index in [0.29, 0.717) is 11.1 Å². The monoisotopic (exact) mass is 528 g/mol. The maximum atomic E-state index is 12.9. The van der Waals surface area contributed by atoms with E-state index in [1.807, 2.05) is 0 Å². The third kappa shape index (κ3) is 5.23. The summed E-state index contributed by atoms with van der Waals surface area (Å²) in [6.07, 6.45) is -0.158. The van der Waals surface area contributed by atoms with Gasteiger partial charge in [-0.3, -0.25) is 34.0 Å². The van der Waals surface area contributed by atoms with E-state index < -0.39 is 55.9 Å². The number of rotatable bonds is 8. The van der Waals surface area contributed by atoms with E-state index in [1.54, 1.807) is 0 Å². The molecule has 0 spiro atoms. The van der Waals surface area contributed by atoms with Crippen molar-refractivity contribution in [3.05, 3.63) is 92.0 Å². The molecule has 0 aliphatic carbocycles. The van der Waals surface area contributed by atoms with Gasteiger partial charge in [0.05, 0.1) is 27.1 Å². The van der Waals surface area contributed by atoms with Gasteiger partial charge >= 0.3 is 5.97 Å². The number of hydrogen-bond acceptors (Lipinski definition) is 9. The third-order valence-corrected chi connectivity index (χ3v) is 7.61. The zero-order valence-corrected chi connectivity index (χ0v) is 19.9. The van der Waals surface area contributed by atoms with E-state index in [4.69, 9.17) is 4.74 Å². The normalized spacial score (nSPS) is 22.4. The number of ether oxygens (including phenoxy) is 1. The molecule has 2 amide bonds. The van der Waals surface area contributed by atoms with Crippen LogP contribution in [0.25, 0.3) is 0 Å². The molecule has 14 heteroatoms. The van der Waals surface area contributed by atoms with Crippen molar-refractivity contribution in [1.82, 2.24) is 10.2 Å². The van der Waals surface area contributed by atoms with Crippen molar-refractivity contribution in [2.75, 3.05) is 5.75 Å². The molecule has 2 fully saturated rings. The highest BCUT2D eigenvalue weighted by atomic mass is 32.2. The topological polar surface area (TPSA) is 179 Å². The lowest BCUT2D eigenvalue weighted by atomic mass is 9.98. The molecule has 0 bridgehead atoms. The molecule has 0 saturated carbocycles. The van der Waals surface area contributed by atoms with Crippen LogP contribution in [0.15, 0.2) is 60.7 Å². The molecule has 192 valence electrons. The first-order chi connectivity index (χ1) is 17.6. The SMILES string of the molecule is C=C1CS(=O)[C@H]2C(NC(=O)Cc3ccc([N+](=O)[O-])cc3)C(=O)N2C1C(=O)OCc1ccc([N+](=O)[O-])cc1. The maximum Gasteiger partial charge on any atom is 0.333 e. The van der Waals surface area contributed by atoms with Crippen LogP contribution < -0.4 is 5.32 Å². The Morgan fingerprint density at radius 3 is 2.11 bits per heavy atom. The minimum Gasteiger partial charge on any atom is -0.459 e. The van der Waals surface area contributed by atoms with Crippen LogP contribution in [0, 0.1) is 20.2 Å². The summed E-state index contributed by atoms with van der Waals surface area (Å²) in [6, 6.07) is 8.48. The fraction of sp³-hybridized carbons (Fsp3) is 0.261. The molecule has 0 aromatic heterocycles. The zero-order chi connectivity index (χ0) is 26.9. The van der Waals surface area contributed by atoms with Crippen molar-refractivity contribution in [1.29, 1.82) is 0 Å². The van der Waals surface area contributed by atoms with Gasteiger partial charge in [0.25, 0.3) is 11.4 Å². The molecule has 3 unspecified atom stereocenters. The smallest absolute Gasteiger partial charge is 0.333 e. The quantitative estimate of drug-likeness (QED) is 0.173. The molecular formula is C23H20N4O9S. The highest BCUT2D eigenvalue weighted by Gasteiger charge is 2.59. The van der Waals surface area contributed by atoms with Crippen LogP contribution in [-0.4, -0.2) is 59.9 Å². The second-order valence-electron chi connectivity index (χ2n) is 8.40. The number of esters is 1. The van der Waals surface area contributed by atoms with Gasteiger partial charge in [0.1, 0.15) is 18.0 Å². The number of benzene rings is 2. The van der Waals surface area contributed by atoms with Gasteiger partial charge in [-0.2, -0.15) is 0 Å². The summed E-state index contributed by atoms with van der Waals surface area (Å²) >= 11 is 0. The van der Waals surface area contributed by atoms with Gasteiger partial charge in [-0.15, -0.1) is 0 Å². The van der Waals surface area contributed by atoms with Crippen LogP contribution in [-0.2, 0) is 42.9 Å². The Kier molecular flexibility index (Phi) is 7.11. The fourth-order valence-electron chi connectivity index (χ4n) is 4.09. The lowest BCUT2D eigenvalue weighted by Gasteiger charge is -2.52. The maximum absolute atomic E-state index is 12.9. The number of nitrogens with zero attached hydrogens (tertiary/aromatic N) is 3. The third-order valence-electron chi connectivity index (χ3n) is 5.92. The minimum absolute atomic E-state index is 0.0690. The van der Waals surface area contributed by atoms with E-state index in [0.717, 1.165) is 4.90 Å². The molecule has 13 nitrogen and oxygen atoms in total. The fourth-order valence-corrected chi connectivity index (χ4v) is 5.75. The van der Waals surface area contributed by atoms with Crippen molar-refractivity contribution in [3.63, 3.8) is 0 Å². The molecule has 4 atom stereocenters. The first kappa shape index (κ1) is 25.6. The van der Waals surface area contributed by atoms with Gasteiger partial charge in [0, 0.05) is 30.0 Å². The predicted octanol–water partition coefficient (Wildman–Crippen LogP) is 1.13. The molecule has 4 rings (SSSR count). The molecule has 2 aromatic rings. The summed E-state index contributed by atoms with van der Waals surface area (Å²) in [5.41, 5.74) is 0.962. The molecule has 2 heterocycles. The number of non-ortho nitro benzene ring substituents is 2. The highest BCUT2D eigenvalue weighted by Crippen LogP contribution is 2.35. The lowest BCUT2D eigenvalue weighted by molar-refractivity contribution is -0.385. The molecule has 2 aliphatic rings. The van der Waals surface area contributed by atoms with E-state index >= 15 is 0 Å². The predicted molar refractivity (Wildman–Crippen MR) is 128 cm³/mol.